The number of guanidine groups is 1. The van der Waals surface area contributed by atoms with Crippen molar-refractivity contribution in [2.45, 2.75) is 19.8 Å². The molecule has 1 heterocycles. The fourth-order valence-electron chi connectivity index (χ4n) is 2.54. The molecule has 0 aromatic heterocycles. The monoisotopic (exact) mass is 428 g/mol. The predicted octanol–water partition coefficient (Wildman–Crippen LogP) is 2.32. The number of fused-ring (bicyclic) bond motifs is 1. The molecule has 0 radical (unpaired) electrons. The van der Waals surface area contributed by atoms with Crippen molar-refractivity contribution in [3.63, 3.8) is 0 Å². The smallest absolute Gasteiger partial charge is 0.248 e. The van der Waals surface area contributed by atoms with Crippen molar-refractivity contribution in [1.29, 1.82) is 0 Å². The quantitative estimate of drug-likeness (QED) is 0.328. The van der Waals surface area contributed by atoms with Gasteiger partial charge < -0.3 is 15.5 Å². The van der Waals surface area contributed by atoms with E-state index in [0.29, 0.717) is 12.5 Å². The SMILES string of the molecule is C=CCNC(=NCC(=O)N1CCCc2ccccc21)NCC.I. The molecule has 0 aliphatic carbocycles. The van der Waals surface area contributed by atoms with Gasteiger partial charge in [-0.25, -0.2) is 4.99 Å². The predicted molar refractivity (Wildman–Crippen MR) is 107 cm³/mol. The number of hydrogen-bond acceptors (Lipinski definition) is 2. The molecule has 1 aromatic carbocycles. The summed E-state index contributed by atoms with van der Waals surface area (Å²) < 4.78 is 0. The molecule has 5 nitrogen and oxygen atoms in total. The number of carbonyl (C=O) groups is 1. The van der Waals surface area contributed by atoms with Gasteiger partial charge in [-0.2, -0.15) is 0 Å². The van der Waals surface area contributed by atoms with Crippen LogP contribution in [-0.4, -0.2) is 38.0 Å². The van der Waals surface area contributed by atoms with Crippen molar-refractivity contribution in [1.82, 2.24) is 10.6 Å². The number of carbonyl (C=O) groups excluding carboxylic acids is 1. The van der Waals surface area contributed by atoms with Crippen molar-refractivity contribution in [2.24, 2.45) is 4.99 Å². The number of nitrogens with zero attached hydrogens (tertiary/aromatic N) is 2. The van der Waals surface area contributed by atoms with Gasteiger partial charge in [0.05, 0.1) is 0 Å². The standard InChI is InChI=1S/C17H24N4O.HI/c1-3-11-19-17(18-4-2)20-13-16(22)21-12-7-9-14-8-5-6-10-15(14)21;/h3,5-6,8,10H,1,4,7,9,11-13H2,2H3,(H2,18,19,20);1H. The minimum Gasteiger partial charge on any atom is -0.357 e. The molecule has 0 fully saturated rings. The molecule has 1 aliphatic rings. The molecule has 0 spiro atoms. The summed E-state index contributed by atoms with van der Waals surface area (Å²) in [5, 5.41) is 6.21. The summed E-state index contributed by atoms with van der Waals surface area (Å²) in [7, 11) is 0. The largest absolute Gasteiger partial charge is 0.357 e. The van der Waals surface area contributed by atoms with Gasteiger partial charge in [-0.15, -0.1) is 30.6 Å². The molecule has 1 aromatic rings. The number of anilines is 1. The van der Waals surface area contributed by atoms with Gasteiger partial charge in [0.1, 0.15) is 6.54 Å². The average molecular weight is 428 g/mol. The highest BCUT2D eigenvalue weighted by Gasteiger charge is 2.21. The molecule has 23 heavy (non-hydrogen) atoms. The number of nitrogens with one attached hydrogen (secondary N) is 2. The molecular weight excluding hydrogens is 403 g/mol. The highest BCUT2D eigenvalue weighted by molar-refractivity contribution is 14.0. The van der Waals surface area contributed by atoms with E-state index in [1.807, 2.05) is 30.0 Å². The lowest BCUT2D eigenvalue weighted by atomic mass is 10.0. The lowest BCUT2D eigenvalue weighted by molar-refractivity contribution is -0.117. The Labute approximate surface area is 155 Å². The molecule has 126 valence electrons. The van der Waals surface area contributed by atoms with Crippen LogP contribution in [-0.2, 0) is 11.2 Å². The summed E-state index contributed by atoms with van der Waals surface area (Å²) in [6.45, 7) is 7.94. The van der Waals surface area contributed by atoms with Gasteiger partial charge in [-0.05, 0) is 31.4 Å². The second-order valence-corrected chi connectivity index (χ2v) is 5.14. The van der Waals surface area contributed by atoms with E-state index in [4.69, 9.17) is 0 Å². The number of benzene rings is 1. The third-order valence-electron chi connectivity index (χ3n) is 3.54. The molecule has 2 rings (SSSR count). The molecule has 1 aliphatic heterocycles. The molecule has 6 heteroatoms. The van der Waals surface area contributed by atoms with E-state index in [2.05, 4.69) is 28.3 Å². The highest BCUT2D eigenvalue weighted by atomic mass is 127. The molecule has 2 N–H and O–H groups in total. The van der Waals surface area contributed by atoms with Crippen LogP contribution in [0.4, 0.5) is 5.69 Å². The van der Waals surface area contributed by atoms with Gasteiger partial charge in [0, 0.05) is 25.3 Å². The summed E-state index contributed by atoms with van der Waals surface area (Å²) in [5.41, 5.74) is 2.26. The Kier molecular flexibility index (Phi) is 8.68. The Morgan fingerprint density at radius 3 is 2.91 bits per heavy atom. The van der Waals surface area contributed by atoms with E-state index < -0.39 is 0 Å². The second-order valence-electron chi connectivity index (χ2n) is 5.14. The Bertz CT molecular complexity index is 559. The third-order valence-corrected chi connectivity index (χ3v) is 3.54. The highest BCUT2D eigenvalue weighted by Crippen LogP contribution is 2.26. The minimum absolute atomic E-state index is 0. The molecule has 1 amide bonds. The van der Waals surface area contributed by atoms with Crippen molar-refractivity contribution in [3.8, 4) is 0 Å². The fraction of sp³-hybridized carbons (Fsp3) is 0.412. The lowest BCUT2D eigenvalue weighted by Crippen LogP contribution is -2.40. The first-order valence-electron chi connectivity index (χ1n) is 7.77. The maximum Gasteiger partial charge on any atom is 0.248 e. The summed E-state index contributed by atoms with van der Waals surface area (Å²) in [6.07, 6.45) is 3.80. The van der Waals surface area contributed by atoms with Crippen LogP contribution in [0.2, 0.25) is 0 Å². The molecule has 0 saturated heterocycles. The zero-order valence-corrected chi connectivity index (χ0v) is 15.9. The first kappa shape index (κ1) is 19.5. The van der Waals surface area contributed by atoms with Gasteiger partial charge in [0.2, 0.25) is 5.91 Å². The molecular formula is C17H25IN4O. The summed E-state index contributed by atoms with van der Waals surface area (Å²) in [4.78, 5) is 18.7. The number of amides is 1. The van der Waals surface area contributed by atoms with Crippen LogP contribution in [0.25, 0.3) is 0 Å². The fourth-order valence-corrected chi connectivity index (χ4v) is 2.54. The number of para-hydroxylation sites is 1. The second kappa shape index (κ2) is 10.3. The van der Waals surface area contributed by atoms with Gasteiger partial charge in [-0.1, -0.05) is 24.3 Å². The first-order valence-corrected chi connectivity index (χ1v) is 7.77. The molecule has 0 unspecified atom stereocenters. The van der Waals surface area contributed by atoms with E-state index in [1.165, 1.54) is 5.56 Å². The van der Waals surface area contributed by atoms with Crippen LogP contribution in [0.15, 0.2) is 41.9 Å². The first-order chi connectivity index (χ1) is 10.8. The van der Waals surface area contributed by atoms with Crippen molar-refractivity contribution >= 4 is 41.5 Å². The Hall–Kier alpha value is -1.57. The van der Waals surface area contributed by atoms with Gasteiger partial charge in [0.25, 0.3) is 0 Å². The Morgan fingerprint density at radius 1 is 1.39 bits per heavy atom. The van der Waals surface area contributed by atoms with E-state index in [9.17, 15) is 4.79 Å². The maximum absolute atomic E-state index is 12.5. The molecule has 0 saturated carbocycles. The van der Waals surface area contributed by atoms with Crippen LogP contribution >= 0.6 is 24.0 Å². The summed E-state index contributed by atoms with van der Waals surface area (Å²) in [5.74, 6) is 0.670. The summed E-state index contributed by atoms with van der Waals surface area (Å²) in [6, 6.07) is 8.10. The number of halogens is 1. The van der Waals surface area contributed by atoms with Crippen molar-refractivity contribution in [2.75, 3.05) is 31.1 Å². The average Bonchev–Trinajstić information content (AvgIpc) is 2.56. The van der Waals surface area contributed by atoms with E-state index in [1.54, 1.807) is 6.08 Å². The number of aryl methyl sites for hydroxylation is 1. The van der Waals surface area contributed by atoms with Crippen molar-refractivity contribution in [3.05, 3.63) is 42.5 Å². The zero-order chi connectivity index (χ0) is 15.8. The number of hydrogen-bond donors (Lipinski definition) is 2. The maximum atomic E-state index is 12.5. The van der Waals surface area contributed by atoms with E-state index >= 15 is 0 Å². The zero-order valence-electron chi connectivity index (χ0n) is 13.5. The van der Waals surface area contributed by atoms with Gasteiger partial charge in [0.15, 0.2) is 5.96 Å². The van der Waals surface area contributed by atoms with Gasteiger partial charge in [-0.3, -0.25) is 4.79 Å². The minimum atomic E-state index is 0. The molecule has 0 bridgehead atoms. The topological polar surface area (TPSA) is 56.7 Å². The third kappa shape index (κ3) is 5.53. The van der Waals surface area contributed by atoms with Crippen LogP contribution in [0.3, 0.4) is 0 Å². The normalized spacial score (nSPS) is 13.6. The van der Waals surface area contributed by atoms with Crippen LogP contribution in [0.5, 0.6) is 0 Å². The number of rotatable bonds is 5. The van der Waals surface area contributed by atoms with Crippen LogP contribution < -0.4 is 15.5 Å². The Morgan fingerprint density at radius 2 is 2.17 bits per heavy atom. The van der Waals surface area contributed by atoms with E-state index in [-0.39, 0.29) is 36.4 Å². The van der Waals surface area contributed by atoms with Gasteiger partial charge >= 0.3 is 0 Å². The lowest BCUT2D eigenvalue weighted by Gasteiger charge is -2.29. The number of aliphatic imine (C=N–C) groups is 1. The summed E-state index contributed by atoms with van der Waals surface area (Å²) >= 11 is 0. The van der Waals surface area contributed by atoms with Crippen molar-refractivity contribution < 1.29 is 4.79 Å². The van der Waals surface area contributed by atoms with Crippen LogP contribution in [0, 0.1) is 0 Å². The molecule has 0 atom stereocenters. The van der Waals surface area contributed by atoms with E-state index in [0.717, 1.165) is 31.6 Å². The van der Waals surface area contributed by atoms with Crippen LogP contribution in [0.1, 0.15) is 18.9 Å². The Balaban J connectivity index is 0.00000264.